The highest BCUT2D eigenvalue weighted by Crippen LogP contribution is 2.61. The number of carbonyl (C=O) groups is 4. The lowest BCUT2D eigenvalue weighted by molar-refractivity contribution is -0.284. The maximum atomic E-state index is 13.6. The Balaban J connectivity index is 1.60. The van der Waals surface area contributed by atoms with Crippen molar-refractivity contribution in [2.45, 2.75) is 89.8 Å². The molecule has 0 unspecified atom stereocenters. The number of aryl methyl sites for hydroxylation is 1. The lowest BCUT2D eigenvalue weighted by Gasteiger charge is -2.62. The van der Waals surface area contributed by atoms with E-state index in [0.29, 0.717) is 37.7 Å². The van der Waals surface area contributed by atoms with Crippen LogP contribution in [0.2, 0.25) is 0 Å². The molecule has 0 bridgehead atoms. The van der Waals surface area contributed by atoms with Crippen LogP contribution < -0.4 is 4.90 Å². The zero-order valence-electron chi connectivity index (χ0n) is 27.7. The van der Waals surface area contributed by atoms with Gasteiger partial charge in [-0.2, -0.15) is 0 Å². The van der Waals surface area contributed by atoms with Gasteiger partial charge in [0, 0.05) is 63.8 Å². The summed E-state index contributed by atoms with van der Waals surface area (Å²) < 4.78 is 29.1. The predicted molar refractivity (Wildman–Crippen MR) is 174 cm³/mol. The number of aliphatic hydroxyl groups is 1. The lowest BCUT2D eigenvalue weighted by atomic mass is 9.48. The number of hydrogen-bond acceptors (Lipinski definition) is 11. The summed E-state index contributed by atoms with van der Waals surface area (Å²) in [5, 5.41) is 11.9. The smallest absolute Gasteiger partial charge is 0.312 e. The summed E-state index contributed by atoms with van der Waals surface area (Å²) in [4.78, 5) is 53.6. The SMILES string of the molecule is COC[C@@H]1C(=O)O[C@H]2[C@@H]1[C@H](OC(=O)CCCc1ccc(N(CCCl)CCCl)cc1)[C@H]1[C@@](C)([C@@H](OC(C)=O)CC[C@]1(C)O)[C@H]2OC(C)=O. The van der Waals surface area contributed by atoms with Gasteiger partial charge in [-0.3, -0.25) is 19.2 Å². The highest BCUT2D eigenvalue weighted by atomic mass is 35.5. The first-order valence-electron chi connectivity index (χ1n) is 16.2. The van der Waals surface area contributed by atoms with Gasteiger partial charge in [-0.15, -0.1) is 23.2 Å². The zero-order chi connectivity index (χ0) is 34.5. The number of halogens is 2. The summed E-state index contributed by atoms with van der Waals surface area (Å²) >= 11 is 11.9. The molecule has 1 aromatic rings. The van der Waals surface area contributed by atoms with Gasteiger partial charge < -0.3 is 33.7 Å². The molecule has 11 nitrogen and oxygen atoms in total. The molecule has 0 spiro atoms. The fraction of sp³-hybridized carbons (Fsp3) is 0.706. The second kappa shape index (κ2) is 15.7. The molecule has 9 atom stereocenters. The summed E-state index contributed by atoms with van der Waals surface area (Å²) in [6.45, 7) is 7.24. The Morgan fingerprint density at radius 2 is 1.66 bits per heavy atom. The standard InChI is InChI=1S/C34H47Cl2NO10/c1-20(38)44-25-13-14-33(3,42)30-28(27-24(19-43-5)32(41)47-29(27)31(34(25,30)4)45-21(2)39)46-26(40)8-6-7-22-9-11-23(12-10-22)37(17-15-35)18-16-36/h9-12,24-25,27-31,42H,6-8,13-19H2,1-5H3/t24-,25-,27-,28-,29-,30+,31-,33-,34+/m0/s1. The van der Waals surface area contributed by atoms with Crippen molar-refractivity contribution in [2.75, 3.05) is 43.5 Å². The second-order valence-electron chi connectivity index (χ2n) is 13.2. The van der Waals surface area contributed by atoms with E-state index in [1.54, 1.807) is 13.8 Å². The molecular weight excluding hydrogens is 653 g/mol. The molecule has 3 fully saturated rings. The van der Waals surface area contributed by atoms with Crippen LogP contribution in [0.4, 0.5) is 5.69 Å². The van der Waals surface area contributed by atoms with E-state index in [1.165, 1.54) is 21.0 Å². The van der Waals surface area contributed by atoms with Crippen LogP contribution in [0.3, 0.4) is 0 Å². The van der Waals surface area contributed by atoms with Crippen LogP contribution in [-0.4, -0.2) is 97.6 Å². The molecule has 262 valence electrons. The van der Waals surface area contributed by atoms with Crippen molar-refractivity contribution in [1.29, 1.82) is 0 Å². The van der Waals surface area contributed by atoms with Gasteiger partial charge in [0.1, 0.15) is 24.4 Å². The third-order valence-corrected chi connectivity index (χ3v) is 10.4. The molecule has 3 aliphatic rings. The molecule has 0 aromatic heterocycles. The topological polar surface area (TPSA) is 138 Å². The molecule has 1 aromatic carbocycles. The number of esters is 4. The van der Waals surface area contributed by atoms with Crippen molar-refractivity contribution >= 4 is 52.8 Å². The number of rotatable bonds is 14. The Hall–Kier alpha value is -2.60. The number of nitrogens with zero attached hydrogens (tertiary/aromatic N) is 1. The minimum absolute atomic E-state index is 0.0248. The Bertz CT molecular complexity index is 1270. The first-order valence-corrected chi connectivity index (χ1v) is 17.3. The van der Waals surface area contributed by atoms with E-state index in [4.69, 9.17) is 46.9 Å². The lowest BCUT2D eigenvalue weighted by Crippen LogP contribution is -2.73. The van der Waals surface area contributed by atoms with Crippen LogP contribution in [0.15, 0.2) is 24.3 Å². The maximum absolute atomic E-state index is 13.6. The monoisotopic (exact) mass is 699 g/mol. The van der Waals surface area contributed by atoms with Crippen molar-refractivity contribution in [2.24, 2.45) is 23.2 Å². The van der Waals surface area contributed by atoms with Gasteiger partial charge in [0.25, 0.3) is 0 Å². The Labute approximate surface area is 286 Å². The number of fused-ring (bicyclic) bond motifs is 2. The van der Waals surface area contributed by atoms with Crippen LogP contribution in [0.25, 0.3) is 0 Å². The third-order valence-electron chi connectivity index (χ3n) is 10.0. The van der Waals surface area contributed by atoms with E-state index >= 15 is 0 Å². The van der Waals surface area contributed by atoms with E-state index in [1.807, 2.05) is 24.3 Å². The van der Waals surface area contributed by atoms with Crippen LogP contribution in [0.5, 0.6) is 0 Å². The van der Waals surface area contributed by atoms with Crippen molar-refractivity contribution in [1.82, 2.24) is 0 Å². The normalized spacial score (nSPS) is 32.9. The van der Waals surface area contributed by atoms with Gasteiger partial charge in [-0.1, -0.05) is 19.1 Å². The minimum atomic E-state index is -1.44. The summed E-state index contributed by atoms with van der Waals surface area (Å²) in [5.74, 6) is -3.79. The van der Waals surface area contributed by atoms with Crippen molar-refractivity contribution < 1.29 is 48.0 Å². The van der Waals surface area contributed by atoms with Gasteiger partial charge in [0.15, 0.2) is 0 Å². The van der Waals surface area contributed by atoms with Crippen molar-refractivity contribution in [3.05, 3.63) is 29.8 Å². The van der Waals surface area contributed by atoms with Gasteiger partial charge >= 0.3 is 23.9 Å². The van der Waals surface area contributed by atoms with Crippen molar-refractivity contribution in [3.8, 4) is 0 Å². The summed E-state index contributed by atoms with van der Waals surface area (Å²) in [6.07, 6.45) is -2.28. The quantitative estimate of drug-likeness (QED) is 0.171. The maximum Gasteiger partial charge on any atom is 0.312 e. The number of alkyl halides is 2. The van der Waals surface area contributed by atoms with E-state index in [9.17, 15) is 24.3 Å². The molecule has 0 radical (unpaired) electrons. The molecule has 0 amide bonds. The average molecular weight is 701 g/mol. The van der Waals surface area contributed by atoms with Gasteiger partial charge in [0.05, 0.1) is 29.5 Å². The van der Waals surface area contributed by atoms with Crippen LogP contribution in [-0.2, 0) is 49.3 Å². The first-order chi connectivity index (χ1) is 22.3. The largest absolute Gasteiger partial charge is 0.462 e. The number of methoxy groups -OCH3 is 1. The minimum Gasteiger partial charge on any atom is -0.462 e. The van der Waals surface area contributed by atoms with E-state index in [0.717, 1.165) is 11.3 Å². The number of hydrogen-bond donors (Lipinski definition) is 1. The Morgan fingerprint density at radius 3 is 2.23 bits per heavy atom. The third kappa shape index (κ3) is 8.00. The number of carbonyl (C=O) groups excluding carboxylic acids is 4. The summed E-state index contributed by atoms with van der Waals surface area (Å²) in [5.41, 5.74) is -0.647. The molecule has 13 heteroatoms. The average Bonchev–Trinajstić information content (AvgIpc) is 3.32. The molecule has 2 aliphatic carbocycles. The van der Waals surface area contributed by atoms with E-state index in [2.05, 4.69) is 4.90 Å². The molecule has 1 saturated heterocycles. The number of benzene rings is 1. The van der Waals surface area contributed by atoms with Crippen LogP contribution in [0.1, 0.15) is 58.9 Å². The van der Waals surface area contributed by atoms with Crippen LogP contribution in [0, 0.1) is 23.2 Å². The molecule has 1 aliphatic heterocycles. The predicted octanol–water partition coefficient (Wildman–Crippen LogP) is 4.05. The summed E-state index contributed by atoms with van der Waals surface area (Å²) in [6, 6.07) is 8.03. The molecule has 4 rings (SSSR count). The Kier molecular flexibility index (Phi) is 12.5. The van der Waals surface area contributed by atoms with Gasteiger partial charge in [0.2, 0.25) is 0 Å². The fourth-order valence-corrected chi connectivity index (χ4v) is 8.54. The van der Waals surface area contributed by atoms with Crippen LogP contribution >= 0.6 is 23.2 Å². The van der Waals surface area contributed by atoms with E-state index < -0.39 is 77.1 Å². The molecule has 47 heavy (non-hydrogen) atoms. The molecule has 2 saturated carbocycles. The molecule has 1 N–H and O–H groups in total. The molecule has 1 heterocycles. The highest BCUT2D eigenvalue weighted by Gasteiger charge is 2.73. The van der Waals surface area contributed by atoms with Crippen molar-refractivity contribution in [3.63, 3.8) is 0 Å². The number of anilines is 1. The Morgan fingerprint density at radius 1 is 1.02 bits per heavy atom. The summed E-state index contributed by atoms with van der Waals surface area (Å²) in [7, 11) is 1.45. The molecular formula is C34H47Cl2NO10. The highest BCUT2D eigenvalue weighted by molar-refractivity contribution is 6.18. The van der Waals surface area contributed by atoms with Gasteiger partial charge in [-0.25, -0.2) is 0 Å². The first kappa shape index (κ1) is 37.2. The second-order valence-corrected chi connectivity index (χ2v) is 14.0. The zero-order valence-corrected chi connectivity index (χ0v) is 29.3. The number of ether oxygens (including phenoxy) is 5. The fourth-order valence-electron chi connectivity index (χ4n) is 8.13. The van der Waals surface area contributed by atoms with Gasteiger partial charge in [-0.05, 0) is 50.3 Å². The van der Waals surface area contributed by atoms with E-state index in [-0.39, 0.29) is 25.9 Å².